The highest BCUT2D eigenvalue weighted by Crippen LogP contribution is 2.17. The third-order valence-corrected chi connectivity index (χ3v) is 4.65. The molecule has 148 valence electrons. The van der Waals surface area contributed by atoms with Crippen LogP contribution < -0.4 is 15.4 Å². The molecule has 7 heteroatoms. The van der Waals surface area contributed by atoms with E-state index in [9.17, 15) is 0 Å². The molecule has 0 spiro atoms. The number of nitrogens with zero attached hydrogens (tertiary/aromatic N) is 2. The second-order valence-corrected chi connectivity index (χ2v) is 7.11. The Hall–Kier alpha value is -0.730. The van der Waals surface area contributed by atoms with E-state index in [-0.39, 0.29) is 30.1 Å². The zero-order chi connectivity index (χ0) is 18.1. The van der Waals surface area contributed by atoms with E-state index in [0.717, 1.165) is 18.3 Å². The van der Waals surface area contributed by atoms with Crippen LogP contribution >= 0.6 is 35.6 Å². The lowest BCUT2D eigenvalue weighted by Crippen LogP contribution is -2.43. The molecular weight excluding hydrogens is 463 g/mol. The average Bonchev–Trinajstić information content (AvgIpc) is 3.05. The van der Waals surface area contributed by atoms with Crippen molar-refractivity contribution in [1.29, 1.82) is 0 Å². The maximum absolute atomic E-state index is 5.89. The first-order chi connectivity index (χ1) is 12.1. The fraction of sp³-hybridized carbons (Fsp3) is 0.632. The van der Waals surface area contributed by atoms with Gasteiger partial charge in [0, 0.05) is 25.2 Å². The fourth-order valence-corrected chi connectivity index (χ4v) is 3.21. The van der Waals surface area contributed by atoms with Crippen LogP contribution in [0.25, 0.3) is 0 Å². The molecule has 0 radical (unpaired) electrons. The van der Waals surface area contributed by atoms with Crippen molar-refractivity contribution in [2.45, 2.75) is 32.8 Å². The maximum Gasteiger partial charge on any atom is 0.191 e. The minimum Gasteiger partial charge on any atom is -0.489 e. The smallest absolute Gasteiger partial charge is 0.191 e. The van der Waals surface area contributed by atoms with Crippen molar-refractivity contribution < 1.29 is 4.74 Å². The summed E-state index contributed by atoms with van der Waals surface area (Å²) in [5.74, 6) is 2.36. The van der Waals surface area contributed by atoms with Crippen molar-refractivity contribution in [2.75, 3.05) is 39.8 Å². The first-order valence-corrected chi connectivity index (χ1v) is 9.57. The number of guanidine groups is 1. The number of halogens is 2. The molecule has 1 heterocycles. The van der Waals surface area contributed by atoms with Gasteiger partial charge >= 0.3 is 0 Å². The van der Waals surface area contributed by atoms with Crippen LogP contribution in [0.1, 0.15) is 26.7 Å². The topological polar surface area (TPSA) is 48.9 Å². The summed E-state index contributed by atoms with van der Waals surface area (Å²) >= 11 is 5.89. The molecule has 0 amide bonds. The summed E-state index contributed by atoms with van der Waals surface area (Å²) in [6.45, 7) is 9.55. The van der Waals surface area contributed by atoms with Crippen molar-refractivity contribution >= 4 is 41.5 Å². The van der Waals surface area contributed by atoms with Crippen LogP contribution in [0.4, 0.5) is 0 Å². The number of hydrogen-bond acceptors (Lipinski definition) is 3. The van der Waals surface area contributed by atoms with E-state index in [2.05, 4.69) is 27.4 Å². The van der Waals surface area contributed by atoms with Crippen molar-refractivity contribution in [3.63, 3.8) is 0 Å². The second-order valence-electron chi connectivity index (χ2n) is 6.67. The number of nitrogens with one attached hydrogen (secondary N) is 2. The molecule has 0 aliphatic carbocycles. The third-order valence-electron chi connectivity index (χ3n) is 4.40. The summed E-state index contributed by atoms with van der Waals surface area (Å²) < 4.78 is 5.87. The highest BCUT2D eigenvalue weighted by molar-refractivity contribution is 14.0. The molecule has 1 aliphatic heterocycles. The first kappa shape index (κ1) is 23.3. The second kappa shape index (κ2) is 12.6. The highest BCUT2D eigenvalue weighted by Gasteiger charge is 2.21. The Labute approximate surface area is 179 Å². The molecule has 0 bridgehead atoms. The maximum atomic E-state index is 5.89. The Balaban J connectivity index is 0.00000338. The van der Waals surface area contributed by atoms with Gasteiger partial charge in [0.25, 0.3) is 0 Å². The third kappa shape index (κ3) is 8.31. The molecule has 1 aliphatic rings. The molecule has 2 N–H and O–H groups in total. The lowest BCUT2D eigenvalue weighted by Gasteiger charge is -2.19. The summed E-state index contributed by atoms with van der Waals surface area (Å²) in [6, 6.07) is 7.43. The van der Waals surface area contributed by atoms with Crippen LogP contribution in [-0.2, 0) is 0 Å². The first-order valence-electron chi connectivity index (χ1n) is 9.19. The van der Waals surface area contributed by atoms with Crippen LogP contribution in [0.5, 0.6) is 5.75 Å². The monoisotopic (exact) mass is 494 g/mol. The number of likely N-dealkylation sites (tertiary alicyclic amines) is 1. The lowest BCUT2D eigenvalue weighted by atomic mass is 10.1. The van der Waals surface area contributed by atoms with E-state index in [4.69, 9.17) is 16.3 Å². The SMILES string of the molecule is CCCN1CCC(CNC(=NC)NCC(C)Oc2ccc(Cl)cc2)C1.I. The Morgan fingerprint density at radius 3 is 2.73 bits per heavy atom. The number of benzene rings is 1. The molecular formula is C19H32ClIN4O. The van der Waals surface area contributed by atoms with Gasteiger partial charge in [-0.15, -0.1) is 24.0 Å². The van der Waals surface area contributed by atoms with Gasteiger partial charge in [0.05, 0.1) is 6.54 Å². The van der Waals surface area contributed by atoms with Gasteiger partial charge in [0.2, 0.25) is 0 Å². The molecule has 0 aromatic heterocycles. The zero-order valence-corrected chi connectivity index (χ0v) is 19.1. The Kier molecular flexibility index (Phi) is 11.3. The van der Waals surface area contributed by atoms with Crippen LogP contribution in [0.15, 0.2) is 29.3 Å². The number of aliphatic imine (C=N–C) groups is 1. The molecule has 1 aromatic rings. The number of rotatable bonds is 8. The minimum absolute atomic E-state index is 0. The summed E-state index contributed by atoms with van der Waals surface area (Å²) in [5.41, 5.74) is 0. The normalized spacial score (nSPS) is 18.9. The minimum atomic E-state index is 0. The van der Waals surface area contributed by atoms with Gasteiger partial charge < -0.3 is 20.3 Å². The fourth-order valence-electron chi connectivity index (χ4n) is 3.09. The summed E-state index contributed by atoms with van der Waals surface area (Å²) in [7, 11) is 1.80. The van der Waals surface area contributed by atoms with E-state index in [1.165, 1.54) is 32.5 Å². The standard InChI is InChI=1S/C19H31ClN4O.HI/c1-4-10-24-11-9-16(14-24)13-23-19(21-3)22-12-15(2)25-18-7-5-17(20)6-8-18;/h5-8,15-16H,4,9-14H2,1-3H3,(H2,21,22,23);1H. The molecule has 2 unspecified atom stereocenters. The van der Waals surface area contributed by atoms with Crippen LogP contribution in [0.2, 0.25) is 5.02 Å². The highest BCUT2D eigenvalue weighted by atomic mass is 127. The molecule has 5 nitrogen and oxygen atoms in total. The van der Waals surface area contributed by atoms with Gasteiger partial charge in [-0.05, 0) is 63.0 Å². The number of ether oxygens (including phenoxy) is 1. The van der Waals surface area contributed by atoms with E-state index < -0.39 is 0 Å². The summed E-state index contributed by atoms with van der Waals surface area (Å²) in [5, 5.41) is 7.49. The Morgan fingerprint density at radius 2 is 2.08 bits per heavy atom. The van der Waals surface area contributed by atoms with Crippen LogP contribution in [-0.4, -0.2) is 56.7 Å². The van der Waals surface area contributed by atoms with Gasteiger partial charge in [-0.1, -0.05) is 18.5 Å². The quantitative estimate of drug-likeness (QED) is 0.329. The summed E-state index contributed by atoms with van der Waals surface area (Å²) in [6.07, 6.45) is 2.53. The molecule has 2 rings (SSSR count). The van der Waals surface area contributed by atoms with E-state index in [0.29, 0.717) is 17.5 Å². The molecule has 1 fully saturated rings. The molecule has 2 atom stereocenters. The molecule has 0 saturated carbocycles. The van der Waals surface area contributed by atoms with Crippen molar-refractivity contribution in [1.82, 2.24) is 15.5 Å². The van der Waals surface area contributed by atoms with Crippen LogP contribution in [0.3, 0.4) is 0 Å². The molecule has 1 saturated heterocycles. The number of hydrogen-bond donors (Lipinski definition) is 2. The van der Waals surface area contributed by atoms with Crippen molar-refractivity contribution in [2.24, 2.45) is 10.9 Å². The van der Waals surface area contributed by atoms with E-state index in [1.54, 1.807) is 7.05 Å². The average molecular weight is 495 g/mol. The van der Waals surface area contributed by atoms with Gasteiger partial charge in [-0.3, -0.25) is 4.99 Å². The summed E-state index contributed by atoms with van der Waals surface area (Å²) in [4.78, 5) is 6.85. The Bertz CT molecular complexity index is 541. The van der Waals surface area contributed by atoms with Crippen molar-refractivity contribution in [3.05, 3.63) is 29.3 Å². The van der Waals surface area contributed by atoms with Gasteiger partial charge in [0.1, 0.15) is 11.9 Å². The molecule has 26 heavy (non-hydrogen) atoms. The van der Waals surface area contributed by atoms with Gasteiger partial charge in [-0.25, -0.2) is 0 Å². The predicted octanol–water partition coefficient (Wildman–Crippen LogP) is 3.62. The Morgan fingerprint density at radius 1 is 1.35 bits per heavy atom. The van der Waals surface area contributed by atoms with Crippen LogP contribution in [0, 0.1) is 5.92 Å². The molecule has 1 aromatic carbocycles. The lowest BCUT2D eigenvalue weighted by molar-refractivity contribution is 0.224. The van der Waals surface area contributed by atoms with E-state index in [1.807, 2.05) is 31.2 Å². The van der Waals surface area contributed by atoms with E-state index >= 15 is 0 Å². The predicted molar refractivity (Wildman–Crippen MR) is 121 cm³/mol. The van der Waals surface area contributed by atoms with Crippen molar-refractivity contribution in [3.8, 4) is 5.75 Å². The van der Waals surface area contributed by atoms with Gasteiger partial charge in [0.15, 0.2) is 5.96 Å². The largest absolute Gasteiger partial charge is 0.489 e. The van der Waals surface area contributed by atoms with Gasteiger partial charge in [-0.2, -0.15) is 0 Å². The zero-order valence-electron chi connectivity index (χ0n) is 16.0.